The van der Waals surface area contributed by atoms with Crippen molar-refractivity contribution in [3.63, 3.8) is 0 Å². The van der Waals surface area contributed by atoms with Gasteiger partial charge in [0.1, 0.15) is 24.0 Å². The van der Waals surface area contributed by atoms with E-state index < -0.39 is 11.7 Å². The van der Waals surface area contributed by atoms with Crippen LogP contribution in [0.25, 0.3) is 0 Å². The molecule has 0 radical (unpaired) electrons. The van der Waals surface area contributed by atoms with E-state index in [4.69, 9.17) is 9.47 Å². The van der Waals surface area contributed by atoms with Crippen molar-refractivity contribution in [2.75, 3.05) is 13.7 Å². The molecule has 0 fully saturated rings. The number of carbonyl (C=O) groups is 1. The van der Waals surface area contributed by atoms with Gasteiger partial charge < -0.3 is 14.8 Å². The van der Waals surface area contributed by atoms with Crippen molar-refractivity contribution in [2.24, 2.45) is 0 Å². The quantitative estimate of drug-likeness (QED) is 0.844. The van der Waals surface area contributed by atoms with Gasteiger partial charge in [0.2, 0.25) is 0 Å². The van der Waals surface area contributed by atoms with Crippen molar-refractivity contribution in [3.8, 4) is 5.75 Å². The Balaban J connectivity index is 2.00. The van der Waals surface area contributed by atoms with Gasteiger partial charge in [0.15, 0.2) is 0 Å². The molecule has 6 heteroatoms. The van der Waals surface area contributed by atoms with Crippen molar-refractivity contribution in [2.45, 2.75) is 19.6 Å². The maximum Gasteiger partial charge on any atom is 0.254 e. The number of carbonyl (C=O) groups excluding carboxylic acids is 1. The largest absolute Gasteiger partial charge is 0.489 e. The molecule has 0 aliphatic heterocycles. The highest BCUT2D eigenvalue weighted by atomic mass is 19.1. The van der Waals surface area contributed by atoms with Crippen LogP contribution in [0.3, 0.4) is 0 Å². The first-order chi connectivity index (χ1) is 11.5. The van der Waals surface area contributed by atoms with Gasteiger partial charge in [-0.15, -0.1) is 0 Å². The summed E-state index contributed by atoms with van der Waals surface area (Å²) in [6, 6.07) is 9.71. The molecule has 0 aromatic heterocycles. The molecule has 0 saturated carbocycles. The van der Waals surface area contributed by atoms with Crippen molar-refractivity contribution in [1.29, 1.82) is 0 Å². The Kier molecular flexibility index (Phi) is 6.26. The number of ether oxygens (including phenoxy) is 2. The van der Waals surface area contributed by atoms with Gasteiger partial charge in [-0.2, -0.15) is 0 Å². The van der Waals surface area contributed by atoms with Gasteiger partial charge in [0, 0.05) is 19.2 Å². The summed E-state index contributed by atoms with van der Waals surface area (Å²) >= 11 is 0. The fraction of sp³-hybridized carbons (Fsp3) is 0.278. The van der Waals surface area contributed by atoms with E-state index in [9.17, 15) is 13.6 Å². The maximum absolute atomic E-state index is 14.1. The lowest BCUT2D eigenvalue weighted by Gasteiger charge is -2.13. The summed E-state index contributed by atoms with van der Waals surface area (Å²) in [5, 5.41) is 2.64. The fourth-order valence-corrected chi connectivity index (χ4v) is 2.16. The molecule has 0 heterocycles. The van der Waals surface area contributed by atoms with E-state index in [0.717, 1.165) is 6.07 Å². The zero-order valence-electron chi connectivity index (χ0n) is 13.5. The number of benzene rings is 2. The molecule has 2 rings (SSSR count). The number of rotatable bonds is 7. The Morgan fingerprint density at radius 3 is 2.67 bits per heavy atom. The van der Waals surface area contributed by atoms with Crippen LogP contribution in [0.2, 0.25) is 0 Å². The monoisotopic (exact) mass is 335 g/mol. The zero-order chi connectivity index (χ0) is 17.5. The minimum absolute atomic E-state index is 0.0731. The molecule has 0 aliphatic carbocycles. The lowest BCUT2D eigenvalue weighted by molar-refractivity contribution is 0.0901. The number of halogens is 2. The molecule has 1 N–H and O–H groups in total. The Bertz CT molecular complexity index is 706. The van der Waals surface area contributed by atoms with Gasteiger partial charge in [0.05, 0.1) is 12.2 Å². The molecule has 2 aromatic rings. The van der Waals surface area contributed by atoms with Gasteiger partial charge in [0.25, 0.3) is 5.91 Å². The zero-order valence-corrected chi connectivity index (χ0v) is 13.5. The van der Waals surface area contributed by atoms with E-state index >= 15 is 0 Å². The van der Waals surface area contributed by atoms with E-state index in [1.807, 2.05) is 0 Å². The lowest BCUT2D eigenvalue weighted by Crippen LogP contribution is -2.36. The lowest BCUT2D eigenvalue weighted by atomic mass is 10.1. The minimum Gasteiger partial charge on any atom is -0.489 e. The van der Waals surface area contributed by atoms with Crippen molar-refractivity contribution in [1.82, 2.24) is 5.32 Å². The molecule has 4 nitrogen and oxygen atoms in total. The van der Waals surface area contributed by atoms with Crippen LogP contribution in [-0.2, 0) is 11.3 Å². The highest BCUT2D eigenvalue weighted by molar-refractivity contribution is 5.94. The van der Waals surface area contributed by atoms with Gasteiger partial charge in [-0.05, 0) is 36.8 Å². The number of amides is 1. The van der Waals surface area contributed by atoms with Crippen molar-refractivity contribution < 1.29 is 23.0 Å². The van der Waals surface area contributed by atoms with E-state index in [0.29, 0.717) is 12.2 Å². The molecule has 0 aliphatic rings. The summed E-state index contributed by atoms with van der Waals surface area (Å²) in [7, 11) is 1.52. The van der Waals surface area contributed by atoms with Crippen LogP contribution in [0.15, 0.2) is 42.5 Å². The van der Waals surface area contributed by atoms with E-state index in [2.05, 4.69) is 5.32 Å². The smallest absolute Gasteiger partial charge is 0.254 e. The Labute approximate surface area is 139 Å². The third-order valence-corrected chi connectivity index (χ3v) is 3.27. The van der Waals surface area contributed by atoms with Crippen LogP contribution in [0.1, 0.15) is 22.8 Å². The third-order valence-electron chi connectivity index (χ3n) is 3.27. The molecule has 2 aromatic carbocycles. The summed E-state index contributed by atoms with van der Waals surface area (Å²) in [6.07, 6.45) is 0. The average Bonchev–Trinajstić information content (AvgIpc) is 2.53. The highest BCUT2D eigenvalue weighted by Gasteiger charge is 2.15. The predicted octanol–water partition coefficient (Wildman–Crippen LogP) is 3.31. The highest BCUT2D eigenvalue weighted by Crippen LogP contribution is 2.18. The Morgan fingerprint density at radius 1 is 1.21 bits per heavy atom. The SMILES string of the molecule is COC[C@H](C)NC(=O)c1ccc(OCc2cccc(F)c2)cc1F. The molecular weight excluding hydrogens is 316 g/mol. The van der Waals surface area contributed by atoms with Crippen molar-refractivity contribution in [3.05, 3.63) is 65.2 Å². The van der Waals surface area contributed by atoms with E-state index in [1.165, 1.54) is 31.4 Å². The van der Waals surface area contributed by atoms with Crippen LogP contribution in [0, 0.1) is 11.6 Å². The average molecular weight is 335 g/mol. The summed E-state index contributed by atoms with van der Waals surface area (Å²) in [4.78, 5) is 12.0. The van der Waals surface area contributed by atoms with E-state index in [1.54, 1.807) is 19.1 Å². The molecule has 0 unspecified atom stereocenters. The summed E-state index contributed by atoms with van der Waals surface area (Å²) in [5.74, 6) is -1.31. The second-order valence-corrected chi connectivity index (χ2v) is 5.39. The van der Waals surface area contributed by atoms with Gasteiger partial charge >= 0.3 is 0 Å². The van der Waals surface area contributed by atoms with Gasteiger partial charge in [-0.3, -0.25) is 4.79 Å². The van der Waals surface area contributed by atoms with Crippen LogP contribution < -0.4 is 10.1 Å². The van der Waals surface area contributed by atoms with Crippen LogP contribution in [0.4, 0.5) is 8.78 Å². The molecule has 0 saturated heterocycles. The van der Waals surface area contributed by atoms with Crippen molar-refractivity contribution >= 4 is 5.91 Å². The minimum atomic E-state index is -0.686. The normalized spacial score (nSPS) is 11.8. The fourth-order valence-electron chi connectivity index (χ4n) is 2.16. The van der Waals surface area contributed by atoms with Gasteiger partial charge in [-0.1, -0.05) is 12.1 Å². The third kappa shape index (κ3) is 5.03. The first kappa shape index (κ1) is 17.9. The number of hydrogen-bond acceptors (Lipinski definition) is 3. The molecule has 0 spiro atoms. The molecule has 1 atom stereocenters. The van der Waals surface area contributed by atoms with Gasteiger partial charge in [-0.25, -0.2) is 8.78 Å². The molecule has 0 bridgehead atoms. The number of methoxy groups -OCH3 is 1. The molecule has 128 valence electrons. The van der Waals surface area contributed by atoms with Crippen LogP contribution >= 0.6 is 0 Å². The first-order valence-electron chi connectivity index (χ1n) is 7.46. The predicted molar refractivity (Wildman–Crippen MR) is 85.9 cm³/mol. The second kappa shape index (κ2) is 8.40. The first-order valence-corrected chi connectivity index (χ1v) is 7.46. The molecule has 1 amide bonds. The standard InChI is InChI=1S/C18H19F2NO3/c1-12(10-23-2)21-18(22)16-7-6-15(9-17(16)20)24-11-13-4-3-5-14(19)8-13/h3-9,12H,10-11H2,1-2H3,(H,21,22)/t12-/m0/s1. The van der Waals surface area contributed by atoms with Crippen LogP contribution in [0.5, 0.6) is 5.75 Å². The maximum atomic E-state index is 14.1. The second-order valence-electron chi connectivity index (χ2n) is 5.39. The topological polar surface area (TPSA) is 47.6 Å². The van der Waals surface area contributed by atoms with Crippen LogP contribution in [-0.4, -0.2) is 25.7 Å². The summed E-state index contributed by atoms with van der Waals surface area (Å²) in [6.45, 7) is 2.20. The molecule has 24 heavy (non-hydrogen) atoms. The number of nitrogens with one attached hydrogen (secondary N) is 1. The number of hydrogen-bond donors (Lipinski definition) is 1. The Morgan fingerprint density at radius 2 is 2.00 bits per heavy atom. The molecular formula is C18H19F2NO3. The Hall–Kier alpha value is -2.47. The summed E-state index contributed by atoms with van der Waals surface area (Å²) < 4.78 is 37.5. The van der Waals surface area contributed by atoms with E-state index in [-0.39, 0.29) is 29.8 Å². The summed E-state index contributed by atoms with van der Waals surface area (Å²) in [5.41, 5.74) is 0.557.